The van der Waals surface area contributed by atoms with Crippen LogP contribution in [0.4, 0.5) is 0 Å². The minimum atomic E-state index is -0.834. The normalized spacial score (nSPS) is 14.2. The van der Waals surface area contributed by atoms with Crippen LogP contribution in [0.1, 0.15) is 33.2 Å². The van der Waals surface area contributed by atoms with Gasteiger partial charge in [0.25, 0.3) is 0 Å². The van der Waals surface area contributed by atoms with Gasteiger partial charge in [0.15, 0.2) is 28.8 Å². The lowest BCUT2D eigenvalue weighted by molar-refractivity contribution is -0.112. The first-order valence-electron chi connectivity index (χ1n) is 6.80. The molecule has 0 atom stereocenters. The van der Waals surface area contributed by atoms with Crippen LogP contribution in [0.3, 0.4) is 0 Å². The first kappa shape index (κ1) is 17.0. The maximum atomic E-state index is 12.2. The summed E-state index contributed by atoms with van der Waals surface area (Å²) in [6, 6.07) is 0. The Balaban J connectivity index is 2.64. The molecule has 0 bridgehead atoms. The van der Waals surface area contributed by atoms with Crippen LogP contribution in [0, 0.1) is 0 Å². The summed E-state index contributed by atoms with van der Waals surface area (Å²) in [5, 5.41) is 30.3. The average Bonchev–Trinajstić information content (AvgIpc) is 2.53. The van der Waals surface area contributed by atoms with Crippen molar-refractivity contribution in [3.63, 3.8) is 0 Å². The largest absolute Gasteiger partial charge is 0.506 e. The maximum absolute atomic E-state index is 12.2. The highest BCUT2D eigenvalue weighted by molar-refractivity contribution is 6.26. The Morgan fingerprint density at radius 3 is 2.29 bits per heavy atom. The monoisotopic (exact) mass is 330 g/mol. The topological polar surface area (TPSA) is 121 Å². The summed E-state index contributed by atoms with van der Waals surface area (Å²) in [5.74, 6) is -4.35. The second kappa shape index (κ2) is 6.41. The standard InChI is InChI=1S/C17H14O7/c1-8(18)5-3-4-6-9-14(20)12-10(19)7-11(24-2)16(22)13(12)17(23)15(9)21/h3-7,20-21,23H,1-2H3/b5-3+,6-4+. The number of fused-ring (bicyclic) bond motifs is 1. The first-order chi connectivity index (χ1) is 11.3. The quantitative estimate of drug-likeness (QED) is 0.333. The number of ether oxygens (including phenoxy) is 1. The summed E-state index contributed by atoms with van der Waals surface area (Å²) >= 11 is 0. The molecule has 3 N–H and O–H groups in total. The molecule has 1 aliphatic rings. The molecule has 0 fully saturated rings. The number of phenolic OH excluding ortho intramolecular Hbond substituents is 3. The second-order valence-electron chi connectivity index (χ2n) is 4.94. The Hall–Kier alpha value is -3.35. The SMILES string of the molecule is COC1=CC(=O)c2c(O)c(/C=C/C=C/C(C)=O)c(O)c(O)c2C1=O. The van der Waals surface area contributed by atoms with E-state index in [-0.39, 0.29) is 17.1 Å². The van der Waals surface area contributed by atoms with Gasteiger partial charge < -0.3 is 20.1 Å². The number of Topliss-reactive ketones (excluding diaryl/α,β-unsaturated/α-hetero) is 1. The van der Waals surface area contributed by atoms with Gasteiger partial charge in [0.2, 0.25) is 5.78 Å². The Morgan fingerprint density at radius 1 is 1.04 bits per heavy atom. The number of phenols is 3. The van der Waals surface area contributed by atoms with Gasteiger partial charge in [-0.3, -0.25) is 14.4 Å². The lowest BCUT2D eigenvalue weighted by atomic mass is 9.89. The van der Waals surface area contributed by atoms with Crippen LogP contribution in [-0.2, 0) is 9.53 Å². The molecule has 0 saturated carbocycles. The third kappa shape index (κ3) is 2.79. The summed E-state index contributed by atoms with van der Waals surface area (Å²) in [7, 11) is 1.18. The molecule has 24 heavy (non-hydrogen) atoms. The minimum absolute atomic E-state index is 0.209. The van der Waals surface area contributed by atoms with E-state index < -0.39 is 39.9 Å². The molecule has 1 aliphatic carbocycles. The Morgan fingerprint density at radius 2 is 1.71 bits per heavy atom. The molecule has 0 heterocycles. The summed E-state index contributed by atoms with van der Waals surface area (Å²) in [5.41, 5.74) is -1.20. The van der Waals surface area contributed by atoms with E-state index in [1.807, 2.05) is 0 Å². The van der Waals surface area contributed by atoms with Gasteiger partial charge in [-0.2, -0.15) is 0 Å². The summed E-state index contributed by atoms with van der Waals surface area (Å²) in [6.07, 6.45) is 6.01. The van der Waals surface area contributed by atoms with Crippen LogP contribution < -0.4 is 0 Å². The molecule has 7 nitrogen and oxygen atoms in total. The fourth-order valence-electron chi connectivity index (χ4n) is 2.22. The van der Waals surface area contributed by atoms with Crippen LogP contribution in [0.5, 0.6) is 17.2 Å². The molecular formula is C17H14O7. The average molecular weight is 330 g/mol. The molecule has 0 aliphatic heterocycles. The minimum Gasteiger partial charge on any atom is -0.506 e. The molecule has 124 valence electrons. The lowest BCUT2D eigenvalue weighted by Crippen LogP contribution is -2.18. The molecule has 7 heteroatoms. The third-order valence-electron chi connectivity index (χ3n) is 3.34. The van der Waals surface area contributed by atoms with E-state index in [2.05, 4.69) is 0 Å². The van der Waals surface area contributed by atoms with Crippen molar-refractivity contribution in [3.05, 3.63) is 46.8 Å². The number of aromatic hydroxyl groups is 3. The van der Waals surface area contributed by atoms with Gasteiger partial charge in [-0.1, -0.05) is 12.2 Å². The predicted molar refractivity (Wildman–Crippen MR) is 84.0 cm³/mol. The van der Waals surface area contributed by atoms with Crippen molar-refractivity contribution in [1.82, 2.24) is 0 Å². The highest BCUT2D eigenvalue weighted by atomic mass is 16.5. The predicted octanol–water partition coefficient (Wildman–Crippen LogP) is 1.87. The molecule has 0 aromatic heterocycles. The van der Waals surface area contributed by atoms with Gasteiger partial charge in [0, 0.05) is 6.08 Å². The van der Waals surface area contributed by atoms with Gasteiger partial charge in [-0.15, -0.1) is 0 Å². The number of ketones is 3. The number of hydrogen-bond acceptors (Lipinski definition) is 7. The van der Waals surface area contributed by atoms with Gasteiger partial charge in [-0.05, 0) is 19.1 Å². The molecule has 1 aromatic rings. The maximum Gasteiger partial charge on any atom is 0.232 e. The van der Waals surface area contributed by atoms with Crippen LogP contribution in [-0.4, -0.2) is 39.8 Å². The Labute approximate surface area is 136 Å². The number of hydrogen-bond donors (Lipinski definition) is 3. The van der Waals surface area contributed by atoms with Crippen LogP contribution >= 0.6 is 0 Å². The van der Waals surface area contributed by atoms with Crippen molar-refractivity contribution >= 4 is 23.4 Å². The van der Waals surface area contributed by atoms with Crippen LogP contribution in [0.15, 0.2) is 30.1 Å². The molecule has 2 rings (SSSR count). The van der Waals surface area contributed by atoms with Crippen LogP contribution in [0.25, 0.3) is 6.08 Å². The number of rotatable bonds is 4. The molecule has 0 amide bonds. The van der Waals surface area contributed by atoms with Crippen molar-refractivity contribution in [1.29, 1.82) is 0 Å². The van der Waals surface area contributed by atoms with E-state index in [1.54, 1.807) is 0 Å². The third-order valence-corrected chi connectivity index (χ3v) is 3.34. The van der Waals surface area contributed by atoms with Gasteiger partial charge >= 0.3 is 0 Å². The smallest absolute Gasteiger partial charge is 0.232 e. The Kier molecular flexibility index (Phi) is 4.54. The van der Waals surface area contributed by atoms with E-state index in [0.717, 1.165) is 6.08 Å². The molecule has 0 spiro atoms. The zero-order chi connectivity index (χ0) is 18.0. The van der Waals surface area contributed by atoms with E-state index in [0.29, 0.717) is 0 Å². The molecule has 1 aromatic carbocycles. The van der Waals surface area contributed by atoms with E-state index in [1.165, 1.54) is 38.3 Å². The number of methoxy groups -OCH3 is 1. The summed E-state index contributed by atoms with van der Waals surface area (Å²) < 4.78 is 4.76. The van der Waals surface area contributed by atoms with Crippen LogP contribution in [0.2, 0.25) is 0 Å². The lowest BCUT2D eigenvalue weighted by Gasteiger charge is -2.19. The van der Waals surface area contributed by atoms with Gasteiger partial charge in [0.05, 0.1) is 23.8 Å². The van der Waals surface area contributed by atoms with Crippen molar-refractivity contribution in [2.24, 2.45) is 0 Å². The van der Waals surface area contributed by atoms with Crippen molar-refractivity contribution in [3.8, 4) is 17.2 Å². The number of carbonyl (C=O) groups is 3. The highest BCUT2D eigenvalue weighted by Crippen LogP contribution is 2.45. The second-order valence-corrected chi connectivity index (χ2v) is 4.94. The number of allylic oxidation sites excluding steroid dienone is 5. The van der Waals surface area contributed by atoms with Crippen molar-refractivity contribution < 1.29 is 34.4 Å². The summed E-state index contributed by atoms with van der Waals surface area (Å²) in [6.45, 7) is 1.34. The van der Waals surface area contributed by atoms with E-state index >= 15 is 0 Å². The Bertz CT molecular complexity index is 841. The van der Waals surface area contributed by atoms with Gasteiger partial charge in [-0.25, -0.2) is 0 Å². The zero-order valence-corrected chi connectivity index (χ0v) is 12.9. The van der Waals surface area contributed by atoms with Gasteiger partial charge in [0.1, 0.15) is 5.75 Å². The van der Waals surface area contributed by atoms with Crippen molar-refractivity contribution in [2.45, 2.75) is 6.92 Å². The first-order valence-corrected chi connectivity index (χ1v) is 6.80. The number of benzene rings is 1. The van der Waals surface area contributed by atoms with Crippen molar-refractivity contribution in [2.75, 3.05) is 7.11 Å². The molecular weight excluding hydrogens is 316 g/mol. The fraction of sp³-hybridized carbons (Fsp3) is 0.118. The van der Waals surface area contributed by atoms with E-state index in [9.17, 15) is 29.7 Å². The molecule has 0 saturated heterocycles. The number of carbonyl (C=O) groups excluding carboxylic acids is 3. The molecule has 0 unspecified atom stereocenters. The summed E-state index contributed by atoms with van der Waals surface area (Å²) in [4.78, 5) is 35.1. The fourth-order valence-corrected chi connectivity index (χ4v) is 2.22. The highest BCUT2D eigenvalue weighted by Gasteiger charge is 2.35. The zero-order valence-electron chi connectivity index (χ0n) is 12.9. The molecule has 0 radical (unpaired) electrons. The van der Waals surface area contributed by atoms with E-state index in [4.69, 9.17) is 4.74 Å².